The zero-order valence-electron chi connectivity index (χ0n) is 11.5. The summed E-state index contributed by atoms with van der Waals surface area (Å²) in [6, 6.07) is 5.79. The van der Waals surface area contributed by atoms with Crippen molar-refractivity contribution in [3.05, 3.63) is 28.2 Å². The summed E-state index contributed by atoms with van der Waals surface area (Å²) in [5.41, 5.74) is 1.05. The molecule has 1 aromatic rings. The van der Waals surface area contributed by atoms with Crippen molar-refractivity contribution in [3.63, 3.8) is 0 Å². The second-order valence-electron chi connectivity index (χ2n) is 4.41. The second kappa shape index (κ2) is 7.89. The van der Waals surface area contributed by atoms with Crippen molar-refractivity contribution in [2.45, 2.75) is 19.8 Å². The third kappa shape index (κ3) is 4.85. The van der Waals surface area contributed by atoms with Gasteiger partial charge in [-0.2, -0.15) is 0 Å². The molecular weight excluding hydrogens is 326 g/mol. The Morgan fingerprint density at radius 2 is 2.15 bits per heavy atom. The van der Waals surface area contributed by atoms with Gasteiger partial charge in [0, 0.05) is 11.0 Å². The molecule has 0 saturated carbocycles. The van der Waals surface area contributed by atoms with Gasteiger partial charge in [-0.05, 0) is 37.5 Å². The summed E-state index contributed by atoms with van der Waals surface area (Å²) in [7, 11) is 1.61. The molecule has 20 heavy (non-hydrogen) atoms. The monoisotopic (exact) mass is 343 g/mol. The van der Waals surface area contributed by atoms with Crippen LogP contribution in [0.3, 0.4) is 0 Å². The number of nitrogens with one attached hydrogen (secondary N) is 1. The van der Waals surface area contributed by atoms with Crippen LogP contribution in [0.4, 0.5) is 0 Å². The Labute approximate surface area is 126 Å². The molecule has 0 fully saturated rings. The van der Waals surface area contributed by atoms with Gasteiger partial charge >= 0.3 is 5.97 Å². The van der Waals surface area contributed by atoms with Crippen molar-refractivity contribution >= 4 is 27.8 Å². The molecule has 6 heteroatoms. The minimum Gasteiger partial charge on any atom is -0.496 e. The molecule has 0 spiro atoms. The van der Waals surface area contributed by atoms with Crippen LogP contribution < -0.4 is 10.1 Å². The molecule has 2 N–H and O–H groups in total. The predicted octanol–water partition coefficient (Wildman–Crippen LogP) is 2.23. The number of carboxylic acid groups (broad SMARTS) is 1. The van der Waals surface area contributed by atoms with Crippen molar-refractivity contribution in [1.82, 2.24) is 5.32 Å². The van der Waals surface area contributed by atoms with Crippen molar-refractivity contribution in [2.24, 2.45) is 5.92 Å². The van der Waals surface area contributed by atoms with Crippen LogP contribution in [0.1, 0.15) is 18.9 Å². The highest BCUT2D eigenvalue weighted by Crippen LogP contribution is 2.24. The summed E-state index contributed by atoms with van der Waals surface area (Å²) in [4.78, 5) is 22.1. The fraction of sp³-hybridized carbons (Fsp3) is 0.429. The molecule has 0 aromatic heterocycles. The zero-order valence-corrected chi connectivity index (χ0v) is 13.1. The molecule has 0 radical (unpaired) electrons. The van der Waals surface area contributed by atoms with E-state index in [4.69, 9.17) is 9.84 Å². The lowest BCUT2D eigenvalue weighted by molar-refractivity contribution is -0.146. The Morgan fingerprint density at radius 1 is 1.45 bits per heavy atom. The first kappa shape index (κ1) is 16.5. The molecule has 1 atom stereocenters. The molecule has 1 unspecified atom stereocenters. The molecular formula is C14H18BrNO4. The first-order valence-electron chi connectivity index (χ1n) is 6.28. The molecule has 0 aliphatic heterocycles. The SMILES string of the molecule is COc1cc(Br)ccc1CCCNC(=O)C(C)C(=O)O. The van der Waals surface area contributed by atoms with E-state index >= 15 is 0 Å². The summed E-state index contributed by atoms with van der Waals surface area (Å²) >= 11 is 3.37. The Kier molecular flexibility index (Phi) is 6.51. The third-order valence-electron chi connectivity index (χ3n) is 2.93. The van der Waals surface area contributed by atoms with Crippen molar-refractivity contribution in [3.8, 4) is 5.75 Å². The van der Waals surface area contributed by atoms with Crippen molar-refractivity contribution in [1.29, 1.82) is 0 Å². The predicted molar refractivity (Wildman–Crippen MR) is 78.8 cm³/mol. The first-order chi connectivity index (χ1) is 9.45. The van der Waals surface area contributed by atoms with E-state index in [0.29, 0.717) is 6.54 Å². The molecule has 1 aromatic carbocycles. The van der Waals surface area contributed by atoms with E-state index in [2.05, 4.69) is 21.2 Å². The van der Waals surface area contributed by atoms with E-state index in [9.17, 15) is 9.59 Å². The number of carbonyl (C=O) groups is 2. The van der Waals surface area contributed by atoms with E-state index in [1.165, 1.54) is 6.92 Å². The third-order valence-corrected chi connectivity index (χ3v) is 3.43. The summed E-state index contributed by atoms with van der Waals surface area (Å²) in [6.07, 6.45) is 1.47. The highest BCUT2D eigenvalue weighted by molar-refractivity contribution is 9.10. The maximum absolute atomic E-state index is 11.4. The summed E-state index contributed by atoms with van der Waals surface area (Å²) in [6.45, 7) is 1.81. The Hall–Kier alpha value is -1.56. The van der Waals surface area contributed by atoms with Crippen LogP contribution in [-0.2, 0) is 16.0 Å². The molecule has 0 saturated heterocycles. The summed E-state index contributed by atoms with van der Waals surface area (Å²) < 4.78 is 6.22. The maximum atomic E-state index is 11.4. The van der Waals surface area contributed by atoms with Crippen molar-refractivity contribution < 1.29 is 19.4 Å². The quantitative estimate of drug-likeness (QED) is 0.588. The lowest BCUT2D eigenvalue weighted by Crippen LogP contribution is -2.34. The van der Waals surface area contributed by atoms with E-state index in [-0.39, 0.29) is 0 Å². The largest absolute Gasteiger partial charge is 0.496 e. The number of aryl methyl sites for hydroxylation is 1. The van der Waals surface area contributed by atoms with Gasteiger partial charge in [-0.15, -0.1) is 0 Å². The average molecular weight is 344 g/mol. The van der Waals surface area contributed by atoms with Crippen LogP contribution in [0.2, 0.25) is 0 Å². The molecule has 0 aliphatic carbocycles. The molecule has 5 nitrogen and oxygen atoms in total. The zero-order chi connectivity index (χ0) is 15.1. The van der Waals surface area contributed by atoms with Gasteiger partial charge in [0.1, 0.15) is 11.7 Å². The second-order valence-corrected chi connectivity index (χ2v) is 5.33. The minimum absolute atomic E-state index is 0.440. The van der Waals surface area contributed by atoms with Crippen LogP contribution in [0.25, 0.3) is 0 Å². The maximum Gasteiger partial charge on any atom is 0.315 e. The molecule has 0 bridgehead atoms. The number of methoxy groups -OCH3 is 1. The van der Waals surface area contributed by atoms with Crippen LogP contribution in [-0.4, -0.2) is 30.6 Å². The summed E-state index contributed by atoms with van der Waals surface area (Å²) in [5, 5.41) is 11.3. The molecule has 1 rings (SSSR count). The number of rotatable bonds is 7. The Bertz CT molecular complexity index is 490. The van der Waals surface area contributed by atoms with E-state index in [1.54, 1.807) is 7.11 Å². The molecule has 0 aliphatic rings. The fourth-order valence-electron chi connectivity index (χ4n) is 1.68. The van der Waals surface area contributed by atoms with Gasteiger partial charge in [-0.3, -0.25) is 9.59 Å². The van der Waals surface area contributed by atoms with Crippen molar-refractivity contribution in [2.75, 3.05) is 13.7 Å². The van der Waals surface area contributed by atoms with Gasteiger partial charge < -0.3 is 15.2 Å². The standard InChI is InChI=1S/C14H18BrNO4/c1-9(14(18)19)13(17)16-7-3-4-10-5-6-11(15)8-12(10)20-2/h5-6,8-9H,3-4,7H2,1-2H3,(H,16,17)(H,18,19). The number of benzene rings is 1. The first-order valence-corrected chi connectivity index (χ1v) is 7.08. The smallest absolute Gasteiger partial charge is 0.315 e. The lowest BCUT2D eigenvalue weighted by atomic mass is 10.1. The number of carbonyl (C=O) groups excluding carboxylic acids is 1. The van der Waals surface area contributed by atoms with Gasteiger partial charge in [0.25, 0.3) is 0 Å². The number of halogens is 1. The van der Waals surface area contributed by atoms with Gasteiger partial charge in [-0.1, -0.05) is 22.0 Å². The van der Waals surface area contributed by atoms with Crippen LogP contribution in [0.15, 0.2) is 22.7 Å². The van der Waals surface area contributed by atoms with Gasteiger partial charge in [-0.25, -0.2) is 0 Å². The van der Waals surface area contributed by atoms with E-state index in [1.807, 2.05) is 18.2 Å². The number of aliphatic carboxylic acids is 1. The number of amides is 1. The van der Waals surface area contributed by atoms with E-state index < -0.39 is 17.8 Å². The van der Waals surface area contributed by atoms with Gasteiger partial charge in [0.2, 0.25) is 5.91 Å². The van der Waals surface area contributed by atoms with Gasteiger partial charge in [0.15, 0.2) is 0 Å². The number of hydrogen-bond acceptors (Lipinski definition) is 3. The lowest BCUT2D eigenvalue weighted by Gasteiger charge is -2.10. The summed E-state index contributed by atoms with van der Waals surface area (Å²) in [5.74, 6) is -1.79. The highest BCUT2D eigenvalue weighted by Gasteiger charge is 2.19. The molecule has 1 amide bonds. The normalized spacial score (nSPS) is 11.8. The Balaban J connectivity index is 2.42. The average Bonchev–Trinajstić information content (AvgIpc) is 2.43. The minimum atomic E-state index is -1.11. The Morgan fingerprint density at radius 3 is 2.75 bits per heavy atom. The van der Waals surface area contributed by atoms with Crippen LogP contribution in [0, 0.1) is 5.92 Å². The van der Waals surface area contributed by atoms with E-state index in [0.717, 1.165) is 28.6 Å². The molecule has 0 heterocycles. The van der Waals surface area contributed by atoms with Crippen LogP contribution >= 0.6 is 15.9 Å². The number of ether oxygens (including phenoxy) is 1. The highest BCUT2D eigenvalue weighted by atomic mass is 79.9. The number of hydrogen-bond donors (Lipinski definition) is 2. The van der Waals surface area contributed by atoms with Crippen LogP contribution in [0.5, 0.6) is 5.75 Å². The van der Waals surface area contributed by atoms with Gasteiger partial charge in [0.05, 0.1) is 7.11 Å². The molecule has 110 valence electrons. The number of carboxylic acids is 1. The fourth-order valence-corrected chi connectivity index (χ4v) is 2.02. The topological polar surface area (TPSA) is 75.6 Å².